The van der Waals surface area contributed by atoms with Crippen molar-refractivity contribution in [3.05, 3.63) is 36.7 Å². The van der Waals surface area contributed by atoms with Gasteiger partial charge in [0.2, 0.25) is 0 Å². The van der Waals surface area contributed by atoms with Gasteiger partial charge in [-0.15, -0.1) is 6.58 Å². The lowest BCUT2D eigenvalue weighted by atomic mass is 10.2. The van der Waals surface area contributed by atoms with Gasteiger partial charge in [0.25, 0.3) is 0 Å². The molecule has 5 nitrogen and oxygen atoms in total. The Bertz CT molecular complexity index is 487. The van der Waals surface area contributed by atoms with Crippen molar-refractivity contribution in [2.45, 2.75) is 0 Å². The quantitative estimate of drug-likeness (QED) is 0.829. The summed E-state index contributed by atoms with van der Waals surface area (Å²) in [6.07, 6.45) is 1.57. The van der Waals surface area contributed by atoms with Crippen LogP contribution in [0.25, 0.3) is 0 Å². The van der Waals surface area contributed by atoms with Gasteiger partial charge < -0.3 is 20.3 Å². The molecular weight excluding hydrogens is 261 g/mol. The lowest BCUT2D eigenvalue weighted by Gasteiger charge is -2.29. The highest BCUT2D eigenvalue weighted by molar-refractivity contribution is 5.89. The summed E-state index contributed by atoms with van der Waals surface area (Å²) >= 11 is 0. The minimum Gasteiger partial charge on any atom is -0.378 e. The largest absolute Gasteiger partial charge is 0.378 e. The second-order valence-corrected chi connectivity index (χ2v) is 4.39. The number of rotatable bonds is 4. The van der Waals surface area contributed by atoms with Crippen LogP contribution in [0.5, 0.6) is 0 Å². The van der Waals surface area contributed by atoms with Crippen LogP contribution in [0.2, 0.25) is 0 Å². The normalized spacial score (nSPS) is 14.8. The van der Waals surface area contributed by atoms with Gasteiger partial charge in [-0.05, 0) is 18.2 Å². The molecule has 1 aliphatic heterocycles. The summed E-state index contributed by atoms with van der Waals surface area (Å²) in [6.45, 7) is 6.40. The number of nitrogens with one attached hydrogen (secondary N) is 2. The molecule has 2 amide bonds. The van der Waals surface area contributed by atoms with Gasteiger partial charge in [-0.25, -0.2) is 9.18 Å². The summed E-state index contributed by atoms with van der Waals surface area (Å²) in [7, 11) is 0. The molecule has 0 radical (unpaired) electrons. The van der Waals surface area contributed by atoms with Crippen LogP contribution in [0, 0.1) is 5.82 Å². The van der Waals surface area contributed by atoms with Gasteiger partial charge in [-0.1, -0.05) is 6.08 Å². The molecule has 2 N–H and O–H groups in total. The highest BCUT2D eigenvalue weighted by atomic mass is 19.1. The molecule has 1 saturated heterocycles. The number of benzene rings is 1. The Morgan fingerprint density at radius 2 is 2.20 bits per heavy atom. The van der Waals surface area contributed by atoms with Crippen molar-refractivity contribution in [2.24, 2.45) is 0 Å². The van der Waals surface area contributed by atoms with Gasteiger partial charge in [0.1, 0.15) is 5.82 Å². The number of halogens is 1. The molecule has 1 heterocycles. The third-order valence-corrected chi connectivity index (χ3v) is 2.96. The fourth-order valence-electron chi connectivity index (χ4n) is 1.99. The molecule has 1 fully saturated rings. The van der Waals surface area contributed by atoms with Crippen LogP contribution >= 0.6 is 0 Å². The maximum absolute atomic E-state index is 14.1. The predicted molar refractivity (Wildman–Crippen MR) is 76.7 cm³/mol. The highest BCUT2D eigenvalue weighted by Gasteiger charge is 2.15. The van der Waals surface area contributed by atoms with E-state index in [9.17, 15) is 9.18 Å². The van der Waals surface area contributed by atoms with Gasteiger partial charge in [0.15, 0.2) is 0 Å². The van der Waals surface area contributed by atoms with Crippen molar-refractivity contribution in [1.29, 1.82) is 0 Å². The van der Waals surface area contributed by atoms with E-state index in [1.54, 1.807) is 18.2 Å². The first kappa shape index (κ1) is 14.3. The molecule has 1 aromatic rings. The van der Waals surface area contributed by atoms with Crippen LogP contribution in [-0.2, 0) is 4.74 Å². The second kappa shape index (κ2) is 6.91. The maximum Gasteiger partial charge on any atom is 0.319 e. The van der Waals surface area contributed by atoms with Gasteiger partial charge in [-0.3, -0.25) is 0 Å². The summed E-state index contributed by atoms with van der Waals surface area (Å²) < 4.78 is 19.3. The SMILES string of the molecule is C=CCNC(=O)Nc1ccc(N2CCOCC2)c(F)c1. The number of morpholine rings is 1. The van der Waals surface area contributed by atoms with Crippen LogP contribution in [0.15, 0.2) is 30.9 Å². The van der Waals surface area contributed by atoms with E-state index in [0.717, 1.165) is 0 Å². The number of amides is 2. The van der Waals surface area contributed by atoms with Crippen LogP contribution in [0.1, 0.15) is 0 Å². The minimum atomic E-state index is -0.386. The van der Waals surface area contributed by atoms with Gasteiger partial charge in [-0.2, -0.15) is 0 Å². The smallest absolute Gasteiger partial charge is 0.319 e. The molecule has 20 heavy (non-hydrogen) atoms. The number of ether oxygens (including phenoxy) is 1. The molecule has 0 atom stereocenters. The van der Waals surface area contributed by atoms with E-state index in [4.69, 9.17) is 4.74 Å². The lowest BCUT2D eigenvalue weighted by Crippen LogP contribution is -2.36. The summed E-state index contributed by atoms with van der Waals surface area (Å²) in [5, 5.41) is 5.13. The predicted octanol–water partition coefficient (Wildman–Crippen LogP) is 1.97. The number of nitrogens with zero attached hydrogens (tertiary/aromatic N) is 1. The Hall–Kier alpha value is -2.08. The fourth-order valence-corrected chi connectivity index (χ4v) is 1.99. The van der Waals surface area contributed by atoms with E-state index in [2.05, 4.69) is 17.2 Å². The van der Waals surface area contributed by atoms with Crippen molar-refractivity contribution in [3.8, 4) is 0 Å². The lowest BCUT2D eigenvalue weighted by molar-refractivity contribution is 0.122. The first-order valence-corrected chi connectivity index (χ1v) is 6.48. The molecule has 0 bridgehead atoms. The molecule has 6 heteroatoms. The van der Waals surface area contributed by atoms with Crippen LogP contribution in [0.3, 0.4) is 0 Å². The molecule has 1 aromatic carbocycles. The van der Waals surface area contributed by atoms with Gasteiger partial charge >= 0.3 is 6.03 Å². The highest BCUT2D eigenvalue weighted by Crippen LogP contribution is 2.23. The van der Waals surface area contributed by atoms with Crippen molar-refractivity contribution >= 4 is 17.4 Å². The summed E-state index contributed by atoms with van der Waals surface area (Å²) in [4.78, 5) is 13.4. The third kappa shape index (κ3) is 3.71. The summed E-state index contributed by atoms with van der Waals surface area (Å²) in [5.74, 6) is -0.353. The molecule has 0 aromatic heterocycles. The van der Waals surface area contributed by atoms with Crippen LogP contribution < -0.4 is 15.5 Å². The molecule has 0 spiro atoms. The Morgan fingerprint density at radius 3 is 2.85 bits per heavy atom. The Balaban J connectivity index is 2.01. The van der Waals surface area contributed by atoms with Gasteiger partial charge in [0, 0.05) is 25.3 Å². The number of urea groups is 1. The molecule has 0 saturated carbocycles. The molecular formula is C14H18FN3O2. The van der Waals surface area contributed by atoms with E-state index in [-0.39, 0.29) is 11.8 Å². The summed E-state index contributed by atoms with van der Waals surface area (Å²) in [6, 6.07) is 4.28. The van der Waals surface area contributed by atoms with Crippen LogP contribution in [-0.4, -0.2) is 38.9 Å². The van der Waals surface area contributed by atoms with E-state index < -0.39 is 0 Å². The standard InChI is InChI=1S/C14H18FN3O2/c1-2-5-16-14(19)17-11-3-4-13(12(15)10-11)18-6-8-20-9-7-18/h2-4,10H,1,5-9H2,(H2,16,17,19). The Morgan fingerprint density at radius 1 is 1.45 bits per heavy atom. The van der Waals surface area contributed by atoms with E-state index >= 15 is 0 Å². The number of hydrogen-bond donors (Lipinski definition) is 2. The van der Waals surface area contributed by atoms with Crippen molar-refractivity contribution < 1.29 is 13.9 Å². The number of carbonyl (C=O) groups is 1. The van der Waals surface area contributed by atoms with Crippen LogP contribution in [0.4, 0.5) is 20.6 Å². The average Bonchev–Trinajstić information content (AvgIpc) is 2.46. The molecule has 1 aliphatic rings. The maximum atomic E-state index is 14.1. The van der Waals surface area contributed by atoms with E-state index in [0.29, 0.717) is 44.2 Å². The zero-order valence-electron chi connectivity index (χ0n) is 11.2. The summed E-state index contributed by atoms with van der Waals surface area (Å²) in [5.41, 5.74) is 0.950. The molecule has 0 unspecified atom stereocenters. The van der Waals surface area contributed by atoms with E-state index in [1.165, 1.54) is 6.07 Å². The Labute approximate surface area is 117 Å². The topological polar surface area (TPSA) is 53.6 Å². The number of carbonyl (C=O) groups excluding carboxylic acids is 1. The zero-order chi connectivity index (χ0) is 14.4. The number of hydrogen-bond acceptors (Lipinski definition) is 3. The minimum absolute atomic E-state index is 0.353. The van der Waals surface area contributed by atoms with Crippen molar-refractivity contribution in [3.63, 3.8) is 0 Å². The van der Waals surface area contributed by atoms with E-state index in [1.807, 2.05) is 4.90 Å². The van der Waals surface area contributed by atoms with Crippen molar-refractivity contribution in [2.75, 3.05) is 43.1 Å². The molecule has 0 aliphatic carbocycles. The fraction of sp³-hybridized carbons (Fsp3) is 0.357. The average molecular weight is 279 g/mol. The first-order valence-electron chi connectivity index (χ1n) is 6.48. The monoisotopic (exact) mass is 279 g/mol. The second-order valence-electron chi connectivity index (χ2n) is 4.39. The number of anilines is 2. The molecule has 108 valence electrons. The zero-order valence-corrected chi connectivity index (χ0v) is 11.2. The van der Waals surface area contributed by atoms with Crippen molar-refractivity contribution in [1.82, 2.24) is 5.32 Å². The first-order chi connectivity index (χ1) is 9.70. The molecule has 2 rings (SSSR count). The Kier molecular flexibility index (Phi) is 4.95. The van der Waals surface area contributed by atoms with Gasteiger partial charge in [0.05, 0.1) is 18.9 Å². The third-order valence-electron chi connectivity index (χ3n) is 2.96.